The van der Waals surface area contributed by atoms with E-state index in [1.165, 1.54) is 57.1 Å². The summed E-state index contributed by atoms with van der Waals surface area (Å²) >= 11 is 0. The van der Waals surface area contributed by atoms with E-state index in [2.05, 4.69) is 44.8 Å². The molecule has 3 rings (SSSR count). The van der Waals surface area contributed by atoms with Gasteiger partial charge in [0.1, 0.15) is 0 Å². The van der Waals surface area contributed by atoms with E-state index in [9.17, 15) is 0 Å². The van der Waals surface area contributed by atoms with Crippen molar-refractivity contribution in [1.82, 2.24) is 5.43 Å². The second-order valence-electron chi connectivity index (χ2n) is 9.43. The fourth-order valence-electron chi connectivity index (χ4n) is 6.68. The van der Waals surface area contributed by atoms with E-state index >= 15 is 0 Å². The second-order valence-corrected chi connectivity index (χ2v) is 9.43. The molecule has 3 aliphatic rings. The van der Waals surface area contributed by atoms with Crippen molar-refractivity contribution in [3.05, 3.63) is 12.2 Å². The van der Waals surface area contributed by atoms with Crippen LogP contribution in [0.3, 0.4) is 0 Å². The summed E-state index contributed by atoms with van der Waals surface area (Å²) in [6.45, 7) is 14.5. The molecule has 0 amide bonds. The van der Waals surface area contributed by atoms with E-state index in [0.717, 1.165) is 23.7 Å². The summed E-state index contributed by atoms with van der Waals surface area (Å²) in [6, 6.07) is 0. The minimum absolute atomic E-state index is 0.333. The zero-order chi connectivity index (χ0) is 17.5. The van der Waals surface area contributed by atoms with E-state index in [4.69, 9.17) is 0 Å². The summed E-state index contributed by atoms with van der Waals surface area (Å²) in [5.41, 5.74) is 6.76. The van der Waals surface area contributed by atoms with Crippen LogP contribution in [0.4, 0.5) is 0 Å². The SMILES string of the molecule is C=C1CC(C)CCC1(C)C1CCC2(C)/C(=N/NC)CCC2C1CC. The molecular weight excluding hydrogens is 292 g/mol. The fourth-order valence-corrected chi connectivity index (χ4v) is 6.68. The predicted octanol–water partition coefficient (Wildman–Crippen LogP) is 5.80. The molecule has 0 radical (unpaired) electrons. The summed E-state index contributed by atoms with van der Waals surface area (Å²) in [4.78, 5) is 0. The molecule has 3 saturated carbocycles. The quantitative estimate of drug-likeness (QED) is 0.513. The number of hydrogen-bond donors (Lipinski definition) is 1. The van der Waals surface area contributed by atoms with Crippen LogP contribution < -0.4 is 5.43 Å². The summed E-state index contributed by atoms with van der Waals surface area (Å²) in [5, 5.41) is 4.68. The van der Waals surface area contributed by atoms with Gasteiger partial charge in [-0.15, -0.1) is 0 Å². The van der Waals surface area contributed by atoms with Gasteiger partial charge in [-0.3, -0.25) is 0 Å². The van der Waals surface area contributed by atoms with Gasteiger partial charge in [0.25, 0.3) is 0 Å². The first-order chi connectivity index (χ1) is 11.4. The van der Waals surface area contributed by atoms with Crippen molar-refractivity contribution in [2.75, 3.05) is 7.05 Å². The van der Waals surface area contributed by atoms with E-state index < -0.39 is 0 Å². The first-order valence-electron chi connectivity index (χ1n) is 10.3. The Kier molecular flexibility index (Phi) is 4.88. The Morgan fingerprint density at radius 3 is 2.42 bits per heavy atom. The molecule has 0 heterocycles. The Morgan fingerprint density at radius 2 is 1.79 bits per heavy atom. The summed E-state index contributed by atoms with van der Waals surface area (Å²) in [5.74, 6) is 3.32. The van der Waals surface area contributed by atoms with Gasteiger partial charge in [0.15, 0.2) is 0 Å². The molecule has 24 heavy (non-hydrogen) atoms. The van der Waals surface area contributed by atoms with Crippen LogP contribution in [0, 0.1) is 34.5 Å². The van der Waals surface area contributed by atoms with Gasteiger partial charge in [0.2, 0.25) is 0 Å². The third kappa shape index (κ3) is 2.65. The van der Waals surface area contributed by atoms with Crippen LogP contribution in [0.25, 0.3) is 0 Å². The number of rotatable bonds is 3. The standard InChI is InChI=1S/C22H38N2/c1-7-17-18-8-9-20(24-23-6)22(18,5)13-11-19(17)21(4)12-10-15(2)14-16(21)3/h15,17-19,23H,3,7-14H2,1-2,4-6H3/b24-20+. The lowest BCUT2D eigenvalue weighted by Gasteiger charge is -2.54. The number of nitrogens with one attached hydrogen (secondary N) is 1. The van der Waals surface area contributed by atoms with Gasteiger partial charge in [0, 0.05) is 18.2 Å². The average molecular weight is 331 g/mol. The van der Waals surface area contributed by atoms with Crippen molar-refractivity contribution < 1.29 is 0 Å². The Bertz CT molecular complexity index is 522. The van der Waals surface area contributed by atoms with Crippen LogP contribution in [0.1, 0.15) is 79.1 Å². The van der Waals surface area contributed by atoms with Gasteiger partial charge in [0.05, 0.1) is 0 Å². The molecule has 0 aromatic carbocycles. The van der Waals surface area contributed by atoms with Gasteiger partial charge in [-0.2, -0.15) is 5.10 Å². The first kappa shape index (κ1) is 18.0. The molecule has 0 aliphatic heterocycles. The molecule has 1 N–H and O–H groups in total. The Balaban J connectivity index is 1.88. The topological polar surface area (TPSA) is 24.4 Å². The molecule has 3 aliphatic carbocycles. The highest BCUT2D eigenvalue weighted by Gasteiger charge is 2.55. The maximum atomic E-state index is 4.68. The fraction of sp³-hybridized carbons (Fsp3) is 0.864. The molecule has 2 nitrogen and oxygen atoms in total. The van der Waals surface area contributed by atoms with Crippen molar-refractivity contribution in [1.29, 1.82) is 0 Å². The lowest BCUT2D eigenvalue weighted by Crippen LogP contribution is -2.48. The monoisotopic (exact) mass is 330 g/mol. The minimum Gasteiger partial charge on any atom is -0.313 e. The first-order valence-corrected chi connectivity index (χ1v) is 10.3. The highest BCUT2D eigenvalue weighted by molar-refractivity contribution is 5.92. The van der Waals surface area contributed by atoms with Gasteiger partial charge in [-0.05, 0) is 74.0 Å². The molecule has 2 heteroatoms. The van der Waals surface area contributed by atoms with E-state index in [1.807, 2.05) is 7.05 Å². The zero-order valence-corrected chi connectivity index (χ0v) is 16.6. The zero-order valence-electron chi connectivity index (χ0n) is 16.6. The van der Waals surface area contributed by atoms with E-state index in [-0.39, 0.29) is 0 Å². The number of allylic oxidation sites excluding steroid dienone is 1. The Hall–Kier alpha value is -0.790. The smallest absolute Gasteiger partial charge is 0.0440 e. The summed E-state index contributed by atoms with van der Waals surface area (Å²) < 4.78 is 0. The highest BCUT2D eigenvalue weighted by Crippen LogP contribution is 2.62. The van der Waals surface area contributed by atoms with Crippen LogP contribution in [-0.2, 0) is 0 Å². The normalized spacial score (nSPS) is 47.7. The van der Waals surface area contributed by atoms with Crippen LogP contribution in [-0.4, -0.2) is 12.8 Å². The van der Waals surface area contributed by atoms with Crippen LogP contribution in [0.5, 0.6) is 0 Å². The second kappa shape index (κ2) is 6.50. The molecule has 0 spiro atoms. The third-order valence-corrected chi connectivity index (χ3v) is 8.27. The number of fused-ring (bicyclic) bond motifs is 1. The molecule has 0 aromatic rings. The van der Waals surface area contributed by atoms with Crippen molar-refractivity contribution in [2.24, 2.45) is 39.6 Å². The lowest BCUT2D eigenvalue weighted by molar-refractivity contribution is -0.00348. The van der Waals surface area contributed by atoms with Gasteiger partial charge < -0.3 is 5.43 Å². The van der Waals surface area contributed by atoms with Crippen molar-refractivity contribution >= 4 is 5.71 Å². The van der Waals surface area contributed by atoms with E-state index in [1.54, 1.807) is 5.57 Å². The largest absolute Gasteiger partial charge is 0.313 e. The predicted molar refractivity (Wildman–Crippen MR) is 104 cm³/mol. The number of hydrogen-bond acceptors (Lipinski definition) is 2. The molecule has 6 unspecified atom stereocenters. The maximum Gasteiger partial charge on any atom is 0.0440 e. The van der Waals surface area contributed by atoms with Crippen LogP contribution in [0.15, 0.2) is 17.3 Å². The van der Waals surface area contributed by atoms with Crippen molar-refractivity contribution in [2.45, 2.75) is 79.1 Å². The van der Waals surface area contributed by atoms with Crippen molar-refractivity contribution in [3.8, 4) is 0 Å². The maximum absolute atomic E-state index is 4.68. The Labute approximate surface area is 149 Å². The summed E-state index contributed by atoms with van der Waals surface area (Å²) in [6.07, 6.45) is 10.5. The number of hydrazone groups is 1. The molecule has 0 saturated heterocycles. The van der Waals surface area contributed by atoms with E-state index in [0.29, 0.717) is 10.8 Å². The molecule has 6 atom stereocenters. The Morgan fingerprint density at radius 1 is 1.12 bits per heavy atom. The molecule has 0 aromatic heterocycles. The van der Waals surface area contributed by atoms with Crippen LogP contribution >= 0.6 is 0 Å². The molecular formula is C22H38N2. The minimum atomic E-state index is 0.333. The van der Waals surface area contributed by atoms with Gasteiger partial charge in [-0.1, -0.05) is 46.3 Å². The molecule has 136 valence electrons. The van der Waals surface area contributed by atoms with Crippen LogP contribution in [0.2, 0.25) is 0 Å². The third-order valence-electron chi connectivity index (χ3n) is 8.27. The summed E-state index contributed by atoms with van der Waals surface area (Å²) in [7, 11) is 1.95. The van der Waals surface area contributed by atoms with Gasteiger partial charge >= 0.3 is 0 Å². The lowest BCUT2D eigenvalue weighted by atomic mass is 9.50. The molecule has 0 bridgehead atoms. The highest BCUT2D eigenvalue weighted by atomic mass is 15.3. The van der Waals surface area contributed by atoms with Crippen molar-refractivity contribution in [3.63, 3.8) is 0 Å². The molecule has 3 fully saturated rings. The number of nitrogens with zero attached hydrogens (tertiary/aromatic N) is 1. The van der Waals surface area contributed by atoms with Gasteiger partial charge in [-0.25, -0.2) is 0 Å². The average Bonchev–Trinajstić information content (AvgIpc) is 2.88.